The van der Waals surface area contributed by atoms with Gasteiger partial charge >= 0.3 is 12.1 Å². The molecule has 32 heavy (non-hydrogen) atoms. The maximum Gasteiger partial charge on any atom is 0.410 e. The zero-order chi connectivity index (χ0) is 23.9. The minimum atomic E-state index is -0.495. The van der Waals surface area contributed by atoms with Gasteiger partial charge in [0.15, 0.2) is 0 Å². The van der Waals surface area contributed by atoms with Gasteiger partial charge in [0.1, 0.15) is 11.9 Å². The molecule has 9 nitrogen and oxygen atoms in total. The number of amides is 3. The van der Waals surface area contributed by atoms with Crippen molar-refractivity contribution in [1.82, 2.24) is 25.8 Å². The first kappa shape index (κ1) is 25.9. The van der Waals surface area contributed by atoms with Crippen molar-refractivity contribution in [3.05, 3.63) is 29.8 Å². The molecule has 9 heteroatoms. The summed E-state index contributed by atoms with van der Waals surface area (Å²) < 4.78 is 5.38. The van der Waals surface area contributed by atoms with Crippen LogP contribution in [0, 0.1) is 6.92 Å². The van der Waals surface area contributed by atoms with Crippen LogP contribution < -0.4 is 21.3 Å². The third-order valence-corrected chi connectivity index (χ3v) is 5.25. The highest BCUT2D eigenvalue weighted by molar-refractivity contribution is 5.89. The molecule has 1 aromatic rings. The highest BCUT2D eigenvalue weighted by atomic mass is 16.6. The number of hydrogen-bond acceptors (Lipinski definition) is 6. The van der Waals surface area contributed by atoms with Crippen LogP contribution in [0.1, 0.15) is 46.1 Å². The number of carbonyl (C=O) groups is 2. The van der Waals surface area contributed by atoms with Crippen LogP contribution in [0.5, 0.6) is 0 Å². The normalized spacial score (nSPS) is 21.7. The van der Waals surface area contributed by atoms with Gasteiger partial charge in [-0.15, -0.1) is 0 Å². The number of rotatable bonds is 7. The number of aryl methyl sites for hydroxylation is 1. The van der Waals surface area contributed by atoms with E-state index in [-0.39, 0.29) is 30.6 Å². The summed E-state index contributed by atoms with van der Waals surface area (Å²) in [5.74, 6) is 0. The first-order valence-electron chi connectivity index (χ1n) is 11.2. The average molecular weight is 449 g/mol. The van der Waals surface area contributed by atoms with Crippen molar-refractivity contribution in [2.75, 3.05) is 32.5 Å². The summed E-state index contributed by atoms with van der Waals surface area (Å²) in [6.45, 7) is 11.0. The Hall–Kier alpha value is -2.36. The van der Waals surface area contributed by atoms with E-state index in [1.807, 2.05) is 59.0 Å². The highest BCUT2D eigenvalue weighted by Crippen LogP contribution is 2.13. The Balaban J connectivity index is 1.78. The van der Waals surface area contributed by atoms with Gasteiger partial charge in [-0.3, -0.25) is 10.2 Å². The largest absolute Gasteiger partial charge is 0.444 e. The van der Waals surface area contributed by atoms with Gasteiger partial charge in [-0.25, -0.2) is 9.59 Å². The van der Waals surface area contributed by atoms with Crippen molar-refractivity contribution >= 4 is 17.8 Å². The Bertz CT molecular complexity index is 749. The number of hydrogen-bond donors (Lipinski definition) is 4. The number of nitrogens with one attached hydrogen (secondary N) is 4. The van der Waals surface area contributed by atoms with Gasteiger partial charge in [-0.05, 0) is 73.2 Å². The molecule has 4 N–H and O–H groups in total. The van der Waals surface area contributed by atoms with E-state index in [0.29, 0.717) is 6.54 Å². The van der Waals surface area contributed by atoms with Gasteiger partial charge in [0.05, 0.1) is 6.17 Å². The van der Waals surface area contributed by atoms with E-state index in [2.05, 4.69) is 33.1 Å². The summed E-state index contributed by atoms with van der Waals surface area (Å²) in [7, 11) is 3.72. The Morgan fingerprint density at radius 3 is 2.53 bits per heavy atom. The quantitative estimate of drug-likeness (QED) is 0.479. The van der Waals surface area contributed by atoms with Crippen molar-refractivity contribution < 1.29 is 14.3 Å². The highest BCUT2D eigenvalue weighted by Gasteiger charge is 2.31. The zero-order valence-corrected chi connectivity index (χ0v) is 20.5. The lowest BCUT2D eigenvalue weighted by Gasteiger charge is -2.43. The Kier molecular flexibility index (Phi) is 9.30. The molecule has 3 unspecified atom stereocenters. The second-order valence-electron chi connectivity index (χ2n) is 9.56. The lowest BCUT2D eigenvalue weighted by atomic mass is 10.1. The van der Waals surface area contributed by atoms with Crippen molar-refractivity contribution in [1.29, 1.82) is 0 Å². The van der Waals surface area contributed by atoms with Crippen LogP contribution in [0.15, 0.2) is 24.3 Å². The van der Waals surface area contributed by atoms with Crippen molar-refractivity contribution in [3.63, 3.8) is 0 Å². The first-order valence-corrected chi connectivity index (χ1v) is 11.2. The van der Waals surface area contributed by atoms with Gasteiger partial charge in [0, 0.05) is 25.3 Å². The molecular weight excluding hydrogens is 408 g/mol. The van der Waals surface area contributed by atoms with Crippen LogP contribution in [-0.4, -0.2) is 73.2 Å². The van der Waals surface area contributed by atoms with Gasteiger partial charge in [0.2, 0.25) is 0 Å². The van der Waals surface area contributed by atoms with Crippen LogP contribution in [0.3, 0.4) is 0 Å². The maximum absolute atomic E-state index is 12.5. The lowest BCUT2D eigenvalue weighted by molar-refractivity contribution is 0.0288. The fourth-order valence-electron chi connectivity index (χ4n) is 3.45. The van der Waals surface area contributed by atoms with Crippen molar-refractivity contribution in [2.24, 2.45) is 0 Å². The molecule has 0 bridgehead atoms. The molecule has 3 amide bonds. The van der Waals surface area contributed by atoms with E-state index < -0.39 is 5.60 Å². The van der Waals surface area contributed by atoms with E-state index in [9.17, 15) is 9.59 Å². The topological polar surface area (TPSA) is 98.0 Å². The van der Waals surface area contributed by atoms with Crippen LogP contribution in [-0.2, 0) is 4.74 Å². The third-order valence-electron chi connectivity index (χ3n) is 5.25. The number of ether oxygens (including phenoxy) is 1. The number of nitrogens with zero attached hydrogens (tertiary/aromatic N) is 2. The molecule has 0 radical (unpaired) electrons. The second-order valence-corrected chi connectivity index (χ2v) is 9.56. The fourth-order valence-corrected chi connectivity index (χ4v) is 3.45. The standard InChI is InChI=1S/C23H40N6O3/c1-16-9-11-18(12-10-16)26-21(30)27-20-25-17(2)15-19(29(20)7)24-13-8-14-28(6)22(31)32-23(3,4)5/h9-12,17,19-20,24-25H,8,13-15H2,1-7H3,(H2,26,27,30). The molecular formula is C23H40N6O3. The minimum absolute atomic E-state index is 0.0998. The summed E-state index contributed by atoms with van der Waals surface area (Å²) in [5.41, 5.74) is 1.40. The molecule has 1 aromatic carbocycles. The number of anilines is 1. The van der Waals surface area contributed by atoms with E-state index in [0.717, 1.165) is 30.6 Å². The predicted octanol–water partition coefficient (Wildman–Crippen LogP) is 2.89. The molecule has 1 aliphatic heterocycles. The lowest BCUT2D eigenvalue weighted by Crippen LogP contribution is -2.68. The molecule has 0 saturated carbocycles. The molecule has 1 fully saturated rings. The van der Waals surface area contributed by atoms with E-state index >= 15 is 0 Å². The summed E-state index contributed by atoms with van der Waals surface area (Å²) in [4.78, 5) is 28.2. The smallest absolute Gasteiger partial charge is 0.410 e. The van der Waals surface area contributed by atoms with Gasteiger partial charge in [-0.2, -0.15) is 0 Å². The minimum Gasteiger partial charge on any atom is -0.444 e. The van der Waals surface area contributed by atoms with Crippen LogP contribution in [0.4, 0.5) is 15.3 Å². The van der Waals surface area contributed by atoms with E-state index in [1.165, 1.54) is 0 Å². The fraction of sp³-hybridized carbons (Fsp3) is 0.652. The molecule has 0 aliphatic carbocycles. The summed E-state index contributed by atoms with van der Waals surface area (Å²) in [6, 6.07) is 7.66. The molecule has 1 aliphatic rings. The molecule has 180 valence electrons. The molecule has 2 rings (SSSR count). The number of carbonyl (C=O) groups excluding carboxylic acids is 2. The summed E-state index contributed by atoms with van der Waals surface area (Å²) in [5, 5.41) is 12.8. The third kappa shape index (κ3) is 8.64. The van der Waals surface area contributed by atoms with Crippen molar-refractivity contribution in [2.45, 2.75) is 71.6 Å². The van der Waals surface area contributed by atoms with Gasteiger partial charge in [-0.1, -0.05) is 17.7 Å². The molecule has 1 saturated heterocycles. The summed E-state index contributed by atoms with van der Waals surface area (Å²) in [6.07, 6.45) is 1.19. The van der Waals surface area contributed by atoms with Gasteiger partial charge in [0.25, 0.3) is 0 Å². The average Bonchev–Trinajstić information content (AvgIpc) is 2.68. The van der Waals surface area contributed by atoms with E-state index in [1.54, 1.807) is 11.9 Å². The first-order chi connectivity index (χ1) is 14.9. The Labute approximate surface area is 192 Å². The Morgan fingerprint density at radius 2 is 1.91 bits per heavy atom. The SMILES string of the molecule is Cc1ccc(NC(=O)NC2NC(C)CC(NCCCN(C)C(=O)OC(C)(C)C)N2C)cc1. The maximum atomic E-state index is 12.5. The zero-order valence-electron chi connectivity index (χ0n) is 20.5. The summed E-state index contributed by atoms with van der Waals surface area (Å²) >= 11 is 0. The van der Waals surface area contributed by atoms with Crippen LogP contribution in [0.25, 0.3) is 0 Å². The predicted molar refractivity (Wildman–Crippen MR) is 127 cm³/mol. The van der Waals surface area contributed by atoms with Gasteiger partial charge < -0.3 is 25.6 Å². The molecule has 0 spiro atoms. The second kappa shape index (κ2) is 11.5. The molecule has 3 atom stereocenters. The Morgan fingerprint density at radius 1 is 1.25 bits per heavy atom. The van der Waals surface area contributed by atoms with Crippen molar-refractivity contribution in [3.8, 4) is 0 Å². The number of benzene rings is 1. The monoisotopic (exact) mass is 448 g/mol. The van der Waals surface area contributed by atoms with Crippen LogP contribution >= 0.6 is 0 Å². The molecule has 1 heterocycles. The van der Waals surface area contributed by atoms with Crippen LogP contribution in [0.2, 0.25) is 0 Å². The van der Waals surface area contributed by atoms with E-state index in [4.69, 9.17) is 4.74 Å². The molecule has 0 aromatic heterocycles. The number of urea groups is 1.